The van der Waals surface area contributed by atoms with Crippen molar-refractivity contribution in [3.05, 3.63) is 166 Å². The molecule has 0 aliphatic carbocycles. The van der Waals surface area contributed by atoms with Crippen LogP contribution >= 0.6 is 47.0 Å². The first-order chi connectivity index (χ1) is 33.9. The van der Waals surface area contributed by atoms with E-state index in [1.807, 2.05) is 61.3 Å². The van der Waals surface area contributed by atoms with Crippen LogP contribution in [-0.2, 0) is 23.7 Å². The van der Waals surface area contributed by atoms with Crippen molar-refractivity contribution in [2.24, 2.45) is 14.1 Å². The Morgan fingerprint density at radius 1 is 0.535 bits per heavy atom. The topological polar surface area (TPSA) is 93.7 Å². The highest BCUT2D eigenvalue weighted by Gasteiger charge is 2.34. The van der Waals surface area contributed by atoms with Crippen LogP contribution in [0.4, 0.5) is 43.9 Å². The van der Waals surface area contributed by atoms with Gasteiger partial charge in [-0.05, 0) is 24.3 Å². The number of aromatic hydroxyl groups is 1. The second-order valence-corrected chi connectivity index (χ2v) is 20.8. The van der Waals surface area contributed by atoms with Gasteiger partial charge in [-0.25, -0.2) is 26.3 Å². The number of phenolic OH excluding ortho intramolecular Hbond substituents is 1. The van der Waals surface area contributed by atoms with Gasteiger partial charge in [-0.3, -0.25) is 9.59 Å². The van der Waals surface area contributed by atoms with Crippen LogP contribution in [0, 0.1) is 58.2 Å². The van der Waals surface area contributed by atoms with Crippen LogP contribution in [0.2, 0.25) is 0 Å². The van der Waals surface area contributed by atoms with Crippen molar-refractivity contribution in [3.63, 3.8) is 0 Å². The fourth-order valence-electron chi connectivity index (χ4n) is 8.02. The lowest BCUT2D eigenvalue weighted by Crippen LogP contribution is -2.14. The second-order valence-electron chi connectivity index (χ2n) is 15.5. The number of carbonyl (C=O) groups is 2. The summed E-state index contributed by atoms with van der Waals surface area (Å²) in [7, 11) is 4.12. The van der Waals surface area contributed by atoms with Crippen molar-refractivity contribution < 1.29 is 68.4 Å². The minimum absolute atomic E-state index is 0.0898. The van der Waals surface area contributed by atoms with Crippen molar-refractivity contribution in [2.75, 3.05) is 11.5 Å². The number of esters is 1. The van der Waals surface area contributed by atoms with E-state index in [0.29, 0.717) is 5.75 Å². The maximum atomic E-state index is 13.8. The second kappa shape index (κ2) is 21.3. The molecule has 6 aromatic carbocycles. The van der Waals surface area contributed by atoms with Crippen molar-refractivity contribution in [3.8, 4) is 34.0 Å². The number of benzene rings is 6. The number of carboxylic acid groups (broad SMARTS) is 1. The molecule has 0 saturated heterocycles. The van der Waals surface area contributed by atoms with Crippen molar-refractivity contribution in [1.29, 1.82) is 0 Å². The van der Waals surface area contributed by atoms with Crippen LogP contribution in [0.3, 0.4) is 0 Å². The van der Waals surface area contributed by atoms with Gasteiger partial charge in [0, 0.05) is 79.5 Å². The Bertz CT molecular complexity index is 3270. The molecule has 10 rings (SSSR count). The zero-order valence-electron chi connectivity index (χ0n) is 36.6. The minimum Gasteiger partial charge on any atom is -0.503 e. The van der Waals surface area contributed by atoms with E-state index in [1.165, 1.54) is 44.4 Å². The Balaban J connectivity index is 0.000000161. The number of rotatable bonds is 9. The number of hydrogen-bond acceptors (Lipinski definition) is 8. The molecule has 0 radical (unpaired) electrons. The summed E-state index contributed by atoms with van der Waals surface area (Å²) in [5, 5.41) is 19.6. The average Bonchev–Trinajstić information content (AvgIpc) is 3.85. The SMILES string of the molecule is Cn1c2c(c3ccccc31)C(SCCC(=O)O)Sc1ccccc1-2.Cn1c2c(c3ccccc31)C(SCCC(=O)Oc1c(F)c(F)c(F)c(F)c1F)Sc1ccccc1-2.Oc1c(F)c(F)c(F)c(F)c1F. The molecule has 0 spiro atoms. The van der Waals surface area contributed by atoms with Crippen LogP contribution in [0.5, 0.6) is 11.5 Å². The van der Waals surface area contributed by atoms with Gasteiger partial charge in [0.25, 0.3) is 0 Å². The number of nitrogens with zero attached hydrogens (tertiary/aromatic N) is 2. The molecule has 2 N–H and O–H groups in total. The normalized spacial score (nSPS) is 14.4. The van der Waals surface area contributed by atoms with E-state index in [-0.39, 0.29) is 27.8 Å². The Morgan fingerprint density at radius 3 is 1.34 bits per heavy atom. The average molecular weight is 1060 g/mol. The van der Waals surface area contributed by atoms with Crippen LogP contribution in [-0.4, -0.2) is 42.8 Å². The molecule has 71 heavy (non-hydrogen) atoms. The molecule has 0 amide bonds. The third-order valence-electron chi connectivity index (χ3n) is 11.2. The Kier molecular flexibility index (Phi) is 15.3. The lowest BCUT2D eigenvalue weighted by atomic mass is 10.1. The summed E-state index contributed by atoms with van der Waals surface area (Å²) < 4.78 is 137. The van der Waals surface area contributed by atoms with E-state index in [9.17, 15) is 53.5 Å². The molecule has 4 heterocycles. The lowest BCUT2D eigenvalue weighted by Gasteiger charge is -2.25. The number of fused-ring (bicyclic) bond motifs is 10. The predicted molar refractivity (Wildman–Crippen MR) is 255 cm³/mol. The number of hydrogen-bond donors (Lipinski definition) is 2. The zero-order valence-corrected chi connectivity index (χ0v) is 39.9. The molecular weight excluding hydrogens is 1030 g/mol. The first-order valence-electron chi connectivity index (χ1n) is 21.0. The Morgan fingerprint density at radius 2 is 0.901 bits per heavy atom. The number of halogens is 10. The highest BCUT2D eigenvalue weighted by Crippen LogP contribution is 2.58. The molecule has 0 fully saturated rings. The van der Waals surface area contributed by atoms with Gasteiger partial charge in [0.05, 0.1) is 33.4 Å². The molecule has 0 bridgehead atoms. The largest absolute Gasteiger partial charge is 0.503 e. The Labute approximate surface area is 414 Å². The van der Waals surface area contributed by atoms with E-state index in [4.69, 9.17) is 10.2 Å². The quantitative estimate of drug-likeness (QED) is 0.0482. The number of thioether (sulfide) groups is 4. The van der Waals surface area contributed by atoms with Gasteiger partial charge in [-0.1, -0.05) is 72.8 Å². The molecule has 2 aliphatic heterocycles. The fourth-order valence-corrected chi connectivity index (χ4v) is 13.7. The predicted octanol–water partition coefficient (Wildman–Crippen LogP) is 14.6. The molecule has 0 saturated carbocycles. The summed E-state index contributed by atoms with van der Waals surface area (Å²) in [4.78, 5) is 25.4. The van der Waals surface area contributed by atoms with Crippen molar-refractivity contribution >= 4 is 80.8 Å². The van der Waals surface area contributed by atoms with E-state index in [2.05, 4.69) is 75.5 Å². The van der Waals surface area contributed by atoms with E-state index in [0.717, 1.165) is 32.6 Å². The molecule has 2 aromatic heterocycles. The standard InChI is InChI=1S/C25H16F5NO2S2.C19H17NO2S2.C6HF5O/c1-31-14-8-4-2-6-12(14)17-23(31)13-7-3-5-9-15(13)35-25(17)34-11-10-16(32)33-24-21(29)19(27)18(26)20(28)22(24)30;1-20-14-8-4-2-6-12(14)17-18(20)13-7-3-5-9-15(13)24-19(17)23-11-10-16(21)22;7-1-2(8)4(10)6(12)5(11)3(1)9/h2-9,25H,10-11H2,1H3;2-9,19H,10-11H2,1H3,(H,21,22);12H. The maximum absolute atomic E-state index is 13.8. The van der Waals surface area contributed by atoms with Gasteiger partial charge in [0.2, 0.25) is 63.9 Å². The summed E-state index contributed by atoms with van der Waals surface area (Å²) in [6.45, 7) is 0. The first kappa shape index (κ1) is 51.2. The van der Waals surface area contributed by atoms with Crippen LogP contribution in [0.15, 0.2) is 107 Å². The van der Waals surface area contributed by atoms with Gasteiger partial charge in [-0.15, -0.1) is 47.0 Å². The third-order valence-corrected chi connectivity index (χ3v) is 16.7. The third kappa shape index (κ3) is 9.80. The van der Waals surface area contributed by atoms with Crippen molar-refractivity contribution in [1.82, 2.24) is 9.13 Å². The highest BCUT2D eigenvalue weighted by molar-refractivity contribution is 8.17. The van der Waals surface area contributed by atoms with Crippen molar-refractivity contribution in [2.45, 2.75) is 31.8 Å². The number of phenols is 1. The first-order valence-corrected chi connectivity index (χ1v) is 24.8. The number of aromatic nitrogens is 2. The summed E-state index contributed by atoms with van der Waals surface area (Å²) in [6, 6.07) is 32.9. The maximum Gasteiger partial charge on any atom is 0.312 e. The van der Waals surface area contributed by atoms with Crippen LogP contribution in [0.1, 0.15) is 33.1 Å². The van der Waals surface area contributed by atoms with Gasteiger partial charge in [-0.2, -0.15) is 17.6 Å². The van der Waals surface area contributed by atoms with E-state index >= 15 is 0 Å². The van der Waals surface area contributed by atoms with Crippen LogP contribution in [0.25, 0.3) is 44.3 Å². The van der Waals surface area contributed by atoms with Gasteiger partial charge >= 0.3 is 11.9 Å². The lowest BCUT2D eigenvalue weighted by molar-refractivity contribution is -0.136. The summed E-state index contributed by atoms with van der Waals surface area (Å²) in [5.74, 6) is -26.5. The van der Waals surface area contributed by atoms with E-state index < -0.39 is 81.6 Å². The summed E-state index contributed by atoms with van der Waals surface area (Å²) in [6.07, 6.45) is -0.0908. The molecule has 7 nitrogen and oxygen atoms in total. The number of aryl methyl sites for hydroxylation is 2. The summed E-state index contributed by atoms with van der Waals surface area (Å²) >= 11 is 6.64. The number of aliphatic carboxylic acids is 1. The molecular formula is C50H34F10N2O5S4. The Hall–Kier alpha value is -6.16. The van der Waals surface area contributed by atoms with Gasteiger partial charge < -0.3 is 24.1 Å². The van der Waals surface area contributed by atoms with Gasteiger partial charge in [0.15, 0.2) is 5.75 Å². The monoisotopic (exact) mass is 1060 g/mol. The van der Waals surface area contributed by atoms with E-state index in [1.54, 1.807) is 23.5 Å². The number of carboxylic acids is 1. The number of carbonyl (C=O) groups excluding carboxylic acids is 1. The minimum atomic E-state index is -2.31. The fraction of sp³-hybridized carbons (Fsp3) is 0.160. The number of ether oxygens (including phenoxy) is 1. The molecule has 368 valence electrons. The highest BCUT2D eigenvalue weighted by atomic mass is 32.2. The number of para-hydroxylation sites is 2. The molecule has 2 atom stereocenters. The molecule has 2 aliphatic rings. The zero-order chi connectivity index (χ0) is 51.0. The van der Waals surface area contributed by atoms with Crippen LogP contribution < -0.4 is 4.74 Å². The molecule has 2 unspecified atom stereocenters. The molecule has 8 aromatic rings. The molecule has 21 heteroatoms. The smallest absolute Gasteiger partial charge is 0.312 e. The summed E-state index contributed by atoms with van der Waals surface area (Å²) in [5.41, 5.74) is 9.42. The van der Waals surface area contributed by atoms with Gasteiger partial charge in [0.1, 0.15) is 0 Å².